The van der Waals surface area contributed by atoms with Gasteiger partial charge >= 0.3 is 47.7 Å². The van der Waals surface area contributed by atoms with E-state index in [2.05, 4.69) is 10.1 Å². The van der Waals surface area contributed by atoms with Crippen LogP contribution in [0.3, 0.4) is 0 Å². The van der Waals surface area contributed by atoms with Crippen molar-refractivity contribution < 1.29 is 81.3 Å². The van der Waals surface area contributed by atoms with Crippen LogP contribution in [0.5, 0.6) is 0 Å². The number of rotatable bonds is 11. The molecule has 38 heavy (non-hydrogen) atoms. The molecule has 6 nitrogen and oxygen atoms in total. The Morgan fingerprint density at radius 3 is 1.66 bits per heavy atom. The Labute approximate surface area is 202 Å². The van der Waals surface area contributed by atoms with Crippen molar-refractivity contribution >= 4 is 23.5 Å². The third-order valence-electron chi connectivity index (χ3n) is 4.41. The van der Waals surface area contributed by atoms with E-state index in [1.807, 2.05) is 0 Å². The lowest BCUT2D eigenvalue weighted by Crippen LogP contribution is -2.70. The zero-order valence-corrected chi connectivity index (χ0v) is 17.9. The van der Waals surface area contributed by atoms with E-state index in [1.54, 1.807) is 0 Å². The van der Waals surface area contributed by atoms with Crippen LogP contribution in [0.25, 0.3) is 0 Å². The van der Waals surface area contributed by atoms with Crippen molar-refractivity contribution in [3.8, 4) is 0 Å². The Bertz CT molecular complexity index is 1070. The van der Waals surface area contributed by atoms with Gasteiger partial charge in [-0.2, -0.15) is 57.1 Å². The molecular formula is C19H12F13NO5. The number of halogens is 13. The average Bonchev–Trinajstić information content (AvgIpc) is 2.76. The van der Waals surface area contributed by atoms with Gasteiger partial charge < -0.3 is 15.2 Å². The van der Waals surface area contributed by atoms with Crippen molar-refractivity contribution in [3.05, 3.63) is 42.0 Å². The van der Waals surface area contributed by atoms with Crippen molar-refractivity contribution in [2.45, 2.75) is 42.2 Å². The number of carboxylic acid groups (broad SMARTS) is 1. The SMILES string of the molecule is O=C(O)/C=C\C(=O)Nc1ccc(C(=O)OCCC(F)(F)C(F)(F)C(F)(F)C(F)(F)C(F)(F)C(F)(F)F)cc1. The lowest BCUT2D eigenvalue weighted by Gasteiger charge is -2.39. The number of carbonyl (C=O) groups is 3. The Hall–Kier alpha value is -3.54. The second-order valence-corrected chi connectivity index (χ2v) is 7.12. The van der Waals surface area contributed by atoms with E-state index >= 15 is 0 Å². The highest BCUT2D eigenvalue weighted by Crippen LogP contribution is 2.60. The third-order valence-corrected chi connectivity index (χ3v) is 4.41. The normalized spacial score (nSPS) is 13.9. The second-order valence-electron chi connectivity index (χ2n) is 7.12. The molecule has 2 N–H and O–H groups in total. The van der Waals surface area contributed by atoms with E-state index < -0.39 is 72.2 Å². The molecule has 0 spiro atoms. The monoisotopic (exact) mass is 581 g/mol. The number of hydrogen-bond acceptors (Lipinski definition) is 4. The van der Waals surface area contributed by atoms with E-state index in [4.69, 9.17) is 5.11 Å². The molecule has 0 radical (unpaired) electrons. The topological polar surface area (TPSA) is 92.7 Å². The summed E-state index contributed by atoms with van der Waals surface area (Å²) in [6, 6.07) is 3.60. The van der Waals surface area contributed by atoms with E-state index in [1.165, 1.54) is 0 Å². The van der Waals surface area contributed by atoms with Crippen LogP contribution in [-0.4, -0.2) is 65.3 Å². The Balaban J connectivity index is 2.93. The fourth-order valence-corrected chi connectivity index (χ4v) is 2.33. The molecule has 0 saturated carbocycles. The minimum Gasteiger partial charge on any atom is -0.478 e. The molecule has 0 aliphatic heterocycles. The summed E-state index contributed by atoms with van der Waals surface area (Å²) in [5, 5.41) is 10.5. The van der Waals surface area contributed by atoms with Gasteiger partial charge in [0.2, 0.25) is 5.91 Å². The summed E-state index contributed by atoms with van der Waals surface area (Å²) < 4.78 is 174. The summed E-state index contributed by atoms with van der Waals surface area (Å²) in [6.45, 7) is -1.92. The van der Waals surface area contributed by atoms with Gasteiger partial charge in [0.1, 0.15) is 0 Å². The molecule has 19 heteroatoms. The van der Waals surface area contributed by atoms with Gasteiger partial charge in [-0.25, -0.2) is 9.59 Å². The number of hydrogen-bond donors (Lipinski definition) is 2. The first-order valence-electron chi connectivity index (χ1n) is 9.37. The standard InChI is InChI=1S/C19H12F13NO5/c20-14(21,15(22,23)16(24,25)17(26,27)18(28,29)19(30,31)32)7-8-38-13(37)9-1-3-10(4-2-9)33-11(34)5-6-12(35)36/h1-6H,7-8H2,(H,33,34)(H,35,36)/b6-5-. The van der Waals surface area contributed by atoms with Crippen molar-refractivity contribution in [2.75, 3.05) is 11.9 Å². The molecule has 0 unspecified atom stereocenters. The summed E-state index contributed by atoms with van der Waals surface area (Å²) >= 11 is 0. The summed E-state index contributed by atoms with van der Waals surface area (Å²) in [6.07, 6.45) is -9.16. The Morgan fingerprint density at radius 1 is 0.737 bits per heavy atom. The minimum atomic E-state index is -8.03. The van der Waals surface area contributed by atoms with Gasteiger partial charge in [0.05, 0.1) is 18.6 Å². The molecule has 214 valence electrons. The van der Waals surface area contributed by atoms with Crippen molar-refractivity contribution in [1.82, 2.24) is 0 Å². The molecule has 0 bridgehead atoms. The number of anilines is 1. The zero-order valence-electron chi connectivity index (χ0n) is 17.9. The summed E-state index contributed by atoms with van der Waals surface area (Å²) in [7, 11) is 0. The maximum Gasteiger partial charge on any atom is 0.460 e. The minimum absolute atomic E-state index is 0.0633. The van der Waals surface area contributed by atoms with Gasteiger partial charge in [-0.3, -0.25) is 4.79 Å². The number of carbonyl (C=O) groups excluding carboxylic acids is 2. The summed E-state index contributed by atoms with van der Waals surface area (Å²) in [4.78, 5) is 33.5. The van der Waals surface area contributed by atoms with E-state index in [-0.39, 0.29) is 5.69 Å². The molecule has 1 aromatic carbocycles. The molecule has 0 saturated heterocycles. The average molecular weight is 581 g/mol. The maximum absolute atomic E-state index is 13.7. The molecule has 1 aromatic rings. The van der Waals surface area contributed by atoms with Gasteiger partial charge in [0, 0.05) is 17.8 Å². The Morgan fingerprint density at radius 2 is 1.21 bits per heavy atom. The first-order valence-corrected chi connectivity index (χ1v) is 9.37. The number of nitrogens with one attached hydrogen (secondary N) is 1. The van der Waals surface area contributed by atoms with Gasteiger partial charge in [0.15, 0.2) is 0 Å². The maximum atomic E-state index is 13.7. The number of benzene rings is 1. The summed E-state index contributed by atoms with van der Waals surface area (Å²) in [5.74, 6) is -41.7. The van der Waals surface area contributed by atoms with Gasteiger partial charge in [0.25, 0.3) is 0 Å². The van der Waals surface area contributed by atoms with Crippen LogP contribution in [0, 0.1) is 0 Å². The molecule has 0 aliphatic rings. The molecule has 1 rings (SSSR count). The number of carboxylic acids is 1. The van der Waals surface area contributed by atoms with Gasteiger partial charge in [-0.15, -0.1) is 0 Å². The van der Waals surface area contributed by atoms with Crippen molar-refractivity contribution in [3.63, 3.8) is 0 Å². The molecule has 0 aromatic heterocycles. The highest BCUT2D eigenvalue weighted by Gasteiger charge is 2.90. The highest BCUT2D eigenvalue weighted by molar-refractivity contribution is 6.02. The first kappa shape index (κ1) is 32.5. The van der Waals surface area contributed by atoms with Crippen LogP contribution < -0.4 is 5.32 Å². The first-order chi connectivity index (χ1) is 16.9. The number of esters is 1. The molecule has 0 fully saturated rings. The molecular weight excluding hydrogens is 569 g/mol. The largest absolute Gasteiger partial charge is 0.478 e. The molecule has 1 amide bonds. The van der Waals surface area contributed by atoms with Crippen LogP contribution >= 0.6 is 0 Å². The van der Waals surface area contributed by atoms with Crippen LogP contribution in [0.4, 0.5) is 62.8 Å². The van der Waals surface area contributed by atoms with Crippen LogP contribution in [0.1, 0.15) is 16.8 Å². The van der Waals surface area contributed by atoms with Gasteiger partial charge in [-0.1, -0.05) is 0 Å². The number of ether oxygens (including phenoxy) is 1. The zero-order chi connectivity index (χ0) is 30.0. The number of aliphatic carboxylic acids is 1. The molecule has 0 heterocycles. The second kappa shape index (κ2) is 10.7. The lowest BCUT2D eigenvalue weighted by molar-refractivity contribution is -0.440. The Kier molecular flexibility index (Phi) is 9.13. The smallest absolute Gasteiger partial charge is 0.460 e. The third kappa shape index (κ3) is 6.29. The predicted molar refractivity (Wildman–Crippen MR) is 97.5 cm³/mol. The highest BCUT2D eigenvalue weighted by atomic mass is 19.4. The van der Waals surface area contributed by atoms with Gasteiger partial charge in [-0.05, 0) is 24.3 Å². The van der Waals surface area contributed by atoms with Crippen LogP contribution in [0.2, 0.25) is 0 Å². The number of alkyl halides is 13. The van der Waals surface area contributed by atoms with E-state index in [0.29, 0.717) is 12.2 Å². The van der Waals surface area contributed by atoms with Crippen LogP contribution in [-0.2, 0) is 14.3 Å². The quantitative estimate of drug-likeness (QED) is 0.203. The summed E-state index contributed by atoms with van der Waals surface area (Å²) in [5.41, 5.74) is -0.604. The predicted octanol–water partition coefficient (Wildman–Crippen LogP) is 5.55. The molecule has 0 aliphatic carbocycles. The number of amides is 1. The van der Waals surface area contributed by atoms with Crippen LogP contribution in [0.15, 0.2) is 36.4 Å². The van der Waals surface area contributed by atoms with Crippen molar-refractivity contribution in [1.29, 1.82) is 0 Å². The van der Waals surface area contributed by atoms with Crippen molar-refractivity contribution in [2.24, 2.45) is 0 Å². The molecule has 0 atom stereocenters. The fraction of sp³-hybridized carbons (Fsp3) is 0.421. The van der Waals surface area contributed by atoms with E-state index in [9.17, 15) is 71.5 Å². The fourth-order valence-electron chi connectivity index (χ4n) is 2.33. The van der Waals surface area contributed by atoms with E-state index in [0.717, 1.165) is 24.3 Å². The lowest BCUT2D eigenvalue weighted by atomic mass is 9.93.